The summed E-state index contributed by atoms with van der Waals surface area (Å²) in [7, 11) is 0. The van der Waals surface area contributed by atoms with E-state index < -0.39 is 5.79 Å². The van der Waals surface area contributed by atoms with Crippen LogP contribution in [0.2, 0.25) is 5.02 Å². The van der Waals surface area contributed by atoms with Crippen LogP contribution in [0.5, 0.6) is 0 Å². The summed E-state index contributed by atoms with van der Waals surface area (Å²) < 4.78 is 14.8. The van der Waals surface area contributed by atoms with Crippen LogP contribution in [0.3, 0.4) is 0 Å². The Bertz CT molecular complexity index is 1010. The molecule has 0 saturated carbocycles. The predicted octanol–water partition coefficient (Wildman–Crippen LogP) is 3.59. The highest BCUT2D eigenvalue weighted by Gasteiger charge is 2.40. The Hall–Kier alpha value is -1.92. The molecule has 28 heavy (non-hydrogen) atoms. The van der Waals surface area contributed by atoms with Crippen molar-refractivity contribution in [1.82, 2.24) is 14.9 Å². The van der Waals surface area contributed by atoms with Gasteiger partial charge in [0.15, 0.2) is 0 Å². The smallest absolute Gasteiger partial charge is 0.215 e. The van der Waals surface area contributed by atoms with Crippen LogP contribution in [-0.4, -0.2) is 35.9 Å². The zero-order chi connectivity index (χ0) is 19.1. The molecule has 0 amide bonds. The van der Waals surface area contributed by atoms with E-state index in [1.165, 1.54) is 22.2 Å². The molecule has 1 saturated heterocycles. The van der Waals surface area contributed by atoms with Crippen LogP contribution >= 0.6 is 11.6 Å². The van der Waals surface area contributed by atoms with Gasteiger partial charge in [-0.2, -0.15) is 0 Å². The lowest BCUT2D eigenvalue weighted by Crippen LogP contribution is -2.33. The van der Waals surface area contributed by atoms with Crippen molar-refractivity contribution in [3.05, 3.63) is 64.1 Å². The summed E-state index contributed by atoms with van der Waals surface area (Å²) >= 11 is 6.34. The third kappa shape index (κ3) is 3.03. The third-order valence-electron chi connectivity index (χ3n) is 5.81. The highest BCUT2D eigenvalue weighted by atomic mass is 35.5. The molecule has 3 aromatic rings. The van der Waals surface area contributed by atoms with E-state index in [2.05, 4.69) is 33.1 Å². The summed E-state index contributed by atoms with van der Waals surface area (Å²) in [5.74, 6) is -0.806. The molecule has 0 radical (unpaired) electrons. The Balaban J connectivity index is 1.66. The summed E-state index contributed by atoms with van der Waals surface area (Å²) in [6, 6.07) is 10.3. The molecule has 1 N–H and O–H groups in total. The number of nitrogens with one attached hydrogen (secondary N) is 1. The van der Waals surface area contributed by atoms with Crippen molar-refractivity contribution in [2.24, 2.45) is 0 Å². The van der Waals surface area contributed by atoms with E-state index in [1.807, 2.05) is 25.3 Å². The number of hydrogen-bond acceptors (Lipinski definition) is 4. The number of rotatable bonds is 3. The Morgan fingerprint density at radius 2 is 1.96 bits per heavy atom. The van der Waals surface area contributed by atoms with Crippen LogP contribution in [0, 0.1) is 6.92 Å². The molecular weight excluding hydrogens is 374 g/mol. The van der Waals surface area contributed by atoms with Gasteiger partial charge in [-0.05, 0) is 49.7 Å². The van der Waals surface area contributed by atoms with Gasteiger partial charge in [0.2, 0.25) is 5.79 Å². The zero-order valence-corrected chi connectivity index (χ0v) is 16.8. The van der Waals surface area contributed by atoms with Crippen molar-refractivity contribution >= 4 is 22.5 Å². The number of aryl methyl sites for hydroxylation is 1. The molecule has 4 heterocycles. The highest BCUT2D eigenvalue weighted by Crippen LogP contribution is 2.37. The number of halogens is 1. The summed E-state index contributed by atoms with van der Waals surface area (Å²) in [5, 5.41) is 5.52. The first-order chi connectivity index (χ1) is 13.7. The van der Waals surface area contributed by atoms with Crippen LogP contribution in [0.25, 0.3) is 10.9 Å². The molecule has 0 spiro atoms. The maximum absolute atomic E-state index is 6.34. The Labute approximate surface area is 169 Å². The molecule has 5 rings (SSSR count). The van der Waals surface area contributed by atoms with Crippen LogP contribution in [0.4, 0.5) is 0 Å². The van der Waals surface area contributed by atoms with Gasteiger partial charge >= 0.3 is 0 Å². The fraction of sp³-hybridized carbons (Fsp3) is 0.409. The fourth-order valence-electron chi connectivity index (χ4n) is 4.44. The Morgan fingerprint density at radius 3 is 2.75 bits per heavy atom. The fourth-order valence-corrected chi connectivity index (χ4v) is 4.62. The first-order valence-electron chi connectivity index (χ1n) is 9.87. The molecule has 1 fully saturated rings. The zero-order valence-electron chi connectivity index (χ0n) is 16.0. The molecule has 0 atom stereocenters. The average Bonchev–Trinajstić information content (AvgIpc) is 3.18. The lowest BCUT2D eigenvalue weighted by molar-refractivity contribution is -0.175. The maximum Gasteiger partial charge on any atom is 0.215 e. The van der Waals surface area contributed by atoms with E-state index in [0.717, 1.165) is 42.2 Å². The lowest BCUT2D eigenvalue weighted by Gasteiger charge is -2.29. The van der Waals surface area contributed by atoms with E-state index in [4.69, 9.17) is 21.1 Å². The van der Waals surface area contributed by atoms with Crippen LogP contribution < -0.4 is 5.32 Å². The van der Waals surface area contributed by atoms with E-state index in [0.29, 0.717) is 19.8 Å². The number of pyridine rings is 1. The van der Waals surface area contributed by atoms with Gasteiger partial charge in [-0.25, -0.2) is 0 Å². The molecule has 2 aromatic heterocycles. The molecule has 0 aliphatic carbocycles. The summed E-state index contributed by atoms with van der Waals surface area (Å²) in [6.45, 7) is 5.72. The molecule has 0 unspecified atom stereocenters. The highest BCUT2D eigenvalue weighted by molar-refractivity contribution is 6.31. The number of ether oxygens (including phenoxy) is 2. The average molecular weight is 398 g/mol. The minimum absolute atomic E-state index is 0.586. The van der Waals surface area contributed by atoms with E-state index >= 15 is 0 Å². The van der Waals surface area contributed by atoms with Gasteiger partial charge in [0.25, 0.3) is 0 Å². The number of hydrogen-bond donors (Lipinski definition) is 1. The molecule has 2 aliphatic rings. The SMILES string of the molecule is Cc1ccc(C2(Cn3c4c(c5cc(Cl)ccc53)CCNCC4)OCCO2)cn1. The second-order valence-corrected chi connectivity index (χ2v) is 8.00. The number of benzene rings is 1. The topological polar surface area (TPSA) is 48.3 Å². The van der Waals surface area contributed by atoms with Gasteiger partial charge < -0.3 is 19.4 Å². The lowest BCUT2D eigenvalue weighted by atomic mass is 10.1. The quantitative estimate of drug-likeness (QED) is 0.733. The van der Waals surface area contributed by atoms with E-state index in [9.17, 15) is 0 Å². The number of aromatic nitrogens is 2. The first-order valence-corrected chi connectivity index (χ1v) is 10.3. The van der Waals surface area contributed by atoms with Gasteiger partial charge in [0.05, 0.1) is 19.8 Å². The summed E-state index contributed by atoms with van der Waals surface area (Å²) in [6.07, 6.45) is 3.85. The standard InChI is InChI=1S/C22H24ClN3O2/c1-15-2-3-16(13-25-15)22(27-10-11-28-22)14-26-20-5-4-17(23)12-19(20)18-6-8-24-9-7-21(18)26/h2-5,12-13,24H,6-11,14H2,1H3. The largest absolute Gasteiger partial charge is 0.342 e. The van der Waals surface area contributed by atoms with Crippen LogP contribution in [0.15, 0.2) is 36.5 Å². The van der Waals surface area contributed by atoms with E-state index in [-0.39, 0.29) is 0 Å². The first kappa shape index (κ1) is 18.1. The summed E-state index contributed by atoms with van der Waals surface area (Å²) in [5.41, 5.74) is 5.87. The predicted molar refractivity (Wildman–Crippen MR) is 110 cm³/mol. The van der Waals surface area contributed by atoms with Crippen molar-refractivity contribution in [1.29, 1.82) is 0 Å². The third-order valence-corrected chi connectivity index (χ3v) is 6.05. The molecule has 1 aromatic carbocycles. The Kier molecular flexibility index (Phi) is 4.63. The molecule has 2 aliphatic heterocycles. The van der Waals surface area contributed by atoms with Gasteiger partial charge in [0, 0.05) is 52.0 Å². The monoisotopic (exact) mass is 397 g/mol. The van der Waals surface area contributed by atoms with Crippen molar-refractivity contribution in [2.75, 3.05) is 26.3 Å². The number of fused-ring (bicyclic) bond motifs is 3. The number of nitrogens with zero attached hydrogens (tertiary/aromatic N) is 2. The molecule has 5 nitrogen and oxygen atoms in total. The van der Waals surface area contributed by atoms with Crippen molar-refractivity contribution < 1.29 is 9.47 Å². The molecule has 0 bridgehead atoms. The second kappa shape index (κ2) is 7.16. The van der Waals surface area contributed by atoms with Crippen molar-refractivity contribution in [3.8, 4) is 0 Å². The minimum atomic E-state index is -0.806. The van der Waals surface area contributed by atoms with Crippen LogP contribution in [-0.2, 0) is 34.6 Å². The van der Waals surface area contributed by atoms with E-state index in [1.54, 1.807) is 0 Å². The van der Waals surface area contributed by atoms with Gasteiger partial charge in [0.1, 0.15) is 0 Å². The normalized spacial score (nSPS) is 18.9. The van der Waals surface area contributed by atoms with Crippen molar-refractivity contribution in [2.45, 2.75) is 32.1 Å². The minimum Gasteiger partial charge on any atom is -0.342 e. The maximum atomic E-state index is 6.34. The Morgan fingerprint density at radius 1 is 1.14 bits per heavy atom. The van der Waals surface area contributed by atoms with Gasteiger partial charge in [-0.1, -0.05) is 17.7 Å². The van der Waals surface area contributed by atoms with Gasteiger partial charge in [-0.3, -0.25) is 4.98 Å². The second-order valence-electron chi connectivity index (χ2n) is 7.56. The molecule has 6 heteroatoms. The molecule has 146 valence electrons. The summed E-state index contributed by atoms with van der Waals surface area (Å²) in [4.78, 5) is 4.48. The van der Waals surface area contributed by atoms with Crippen LogP contribution in [0.1, 0.15) is 22.5 Å². The van der Waals surface area contributed by atoms with Gasteiger partial charge in [-0.15, -0.1) is 0 Å². The molecular formula is C22H24ClN3O2. The van der Waals surface area contributed by atoms with Crippen molar-refractivity contribution in [3.63, 3.8) is 0 Å².